The molecule has 2 aliphatic rings. The third-order valence-corrected chi connectivity index (χ3v) is 8.59. The van der Waals surface area contributed by atoms with Crippen LogP contribution in [0.5, 0.6) is 5.75 Å². The van der Waals surface area contributed by atoms with Gasteiger partial charge in [0.2, 0.25) is 15.9 Å². The van der Waals surface area contributed by atoms with Gasteiger partial charge in [-0.3, -0.25) is 4.79 Å². The van der Waals surface area contributed by atoms with E-state index in [0.717, 1.165) is 12.8 Å². The number of halogens is 1. The minimum atomic E-state index is -3.56. The maximum Gasteiger partial charge on any atom is 0.243 e. The standard InChI is InChI=1S/C23H27ClN2O4S/c24-20-3-7-22(8-4-20)31(29,30)26-15-11-19(12-16-26)23(28)25-13-9-18(10-14-25)17-1-5-21(27)6-2-17/h1-8,18-19,27H,9-16H2. The Morgan fingerprint density at radius 1 is 0.871 bits per heavy atom. The zero-order valence-electron chi connectivity index (χ0n) is 17.3. The van der Waals surface area contributed by atoms with E-state index in [4.69, 9.17) is 11.6 Å². The normalized spacial score (nSPS) is 19.5. The Balaban J connectivity index is 1.30. The van der Waals surface area contributed by atoms with E-state index < -0.39 is 10.0 Å². The molecule has 2 aromatic rings. The van der Waals surface area contributed by atoms with Gasteiger partial charge in [0.05, 0.1) is 4.90 Å². The SMILES string of the molecule is O=C(C1CCN(S(=O)(=O)c2ccc(Cl)cc2)CC1)N1CCC(c2ccc(O)cc2)CC1. The highest BCUT2D eigenvalue weighted by atomic mass is 35.5. The van der Waals surface area contributed by atoms with Crippen LogP contribution in [-0.4, -0.2) is 54.8 Å². The van der Waals surface area contributed by atoms with Crippen LogP contribution in [0.2, 0.25) is 5.02 Å². The third kappa shape index (κ3) is 4.89. The first kappa shape index (κ1) is 22.1. The molecule has 2 heterocycles. The number of likely N-dealkylation sites (tertiary alicyclic amines) is 1. The van der Waals surface area contributed by atoms with Crippen LogP contribution in [0.25, 0.3) is 0 Å². The fourth-order valence-corrected chi connectivity index (χ4v) is 6.13. The van der Waals surface area contributed by atoms with Crippen LogP contribution >= 0.6 is 11.6 Å². The van der Waals surface area contributed by atoms with Gasteiger partial charge in [-0.05, 0) is 73.6 Å². The molecule has 1 amide bonds. The second-order valence-electron chi connectivity index (χ2n) is 8.32. The predicted octanol–water partition coefficient (Wildman–Crippen LogP) is 3.85. The Morgan fingerprint density at radius 3 is 2.03 bits per heavy atom. The fourth-order valence-electron chi connectivity index (χ4n) is 4.54. The molecule has 2 fully saturated rings. The van der Waals surface area contributed by atoms with Crippen molar-refractivity contribution in [3.63, 3.8) is 0 Å². The van der Waals surface area contributed by atoms with Crippen molar-refractivity contribution in [1.82, 2.24) is 9.21 Å². The second kappa shape index (κ2) is 9.18. The minimum absolute atomic E-state index is 0.123. The maximum atomic E-state index is 13.0. The highest BCUT2D eigenvalue weighted by Gasteiger charge is 2.35. The molecular formula is C23H27ClN2O4S. The lowest BCUT2D eigenvalue weighted by molar-refractivity contribution is -0.137. The molecular weight excluding hydrogens is 436 g/mol. The number of aromatic hydroxyl groups is 1. The summed E-state index contributed by atoms with van der Waals surface area (Å²) in [4.78, 5) is 15.2. The van der Waals surface area contributed by atoms with Crippen molar-refractivity contribution in [2.75, 3.05) is 26.2 Å². The molecule has 0 unspecified atom stereocenters. The number of carbonyl (C=O) groups excluding carboxylic acids is 1. The Morgan fingerprint density at radius 2 is 1.45 bits per heavy atom. The molecule has 0 aliphatic carbocycles. The summed E-state index contributed by atoms with van der Waals surface area (Å²) >= 11 is 5.86. The molecule has 8 heteroatoms. The van der Waals surface area contributed by atoms with Crippen LogP contribution in [0.4, 0.5) is 0 Å². The molecule has 0 bridgehead atoms. The van der Waals surface area contributed by atoms with Gasteiger partial charge in [0.25, 0.3) is 0 Å². The van der Waals surface area contributed by atoms with Crippen LogP contribution < -0.4 is 0 Å². The lowest BCUT2D eigenvalue weighted by atomic mass is 9.88. The van der Waals surface area contributed by atoms with Crippen LogP contribution in [0.3, 0.4) is 0 Å². The van der Waals surface area contributed by atoms with E-state index in [1.165, 1.54) is 22.0 Å². The molecule has 2 aliphatic heterocycles. The van der Waals surface area contributed by atoms with Crippen LogP contribution in [-0.2, 0) is 14.8 Å². The summed E-state index contributed by atoms with van der Waals surface area (Å²) < 4.78 is 27.2. The van der Waals surface area contributed by atoms with Crippen molar-refractivity contribution in [2.45, 2.75) is 36.5 Å². The summed E-state index contributed by atoms with van der Waals surface area (Å²) in [7, 11) is -3.56. The summed E-state index contributed by atoms with van der Waals surface area (Å²) in [5.74, 6) is 0.686. The highest BCUT2D eigenvalue weighted by Crippen LogP contribution is 2.31. The molecule has 0 atom stereocenters. The van der Waals surface area contributed by atoms with E-state index in [1.807, 2.05) is 17.0 Å². The first-order chi connectivity index (χ1) is 14.8. The van der Waals surface area contributed by atoms with Crippen molar-refractivity contribution in [3.8, 4) is 5.75 Å². The summed E-state index contributed by atoms with van der Waals surface area (Å²) in [6.45, 7) is 2.14. The molecule has 166 valence electrons. The van der Waals surface area contributed by atoms with Gasteiger partial charge in [0.1, 0.15) is 5.75 Å². The summed E-state index contributed by atoms with van der Waals surface area (Å²) in [6.07, 6.45) is 2.90. The highest BCUT2D eigenvalue weighted by molar-refractivity contribution is 7.89. The van der Waals surface area contributed by atoms with Crippen LogP contribution in [0, 0.1) is 5.92 Å². The number of sulfonamides is 1. The molecule has 31 heavy (non-hydrogen) atoms. The lowest BCUT2D eigenvalue weighted by Gasteiger charge is -2.37. The molecule has 6 nitrogen and oxygen atoms in total. The number of carbonyl (C=O) groups is 1. The summed E-state index contributed by atoms with van der Waals surface area (Å²) in [6, 6.07) is 13.5. The average molecular weight is 463 g/mol. The van der Waals surface area contributed by atoms with E-state index in [2.05, 4.69) is 0 Å². The zero-order valence-corrected chi connectivity index (χ0v) is 18.9. The Bertz CT molecular complexity index is 1010. The number of hydrogen-bond donors (Lipinski definition) is 1. The van der Waals surface area contributed by atoms with Gasteiger partial charge < -0.3 is 10.0 Å². The molecule has 2 saturated heterocycles. The molecule has 0 saturated carbocycles. The second-order valence-corrected chi connectivity index (χ2v) is 10.7. The van der Waals surface area contributed by atoms with Crippen molar-refractivity contribution in [2.24, 2.45) is 5.92 Å². The maximum absolute atomic E-state index is 13.0. The van der Waals surface area contributed by atoms with Gasteiger partial charge in [0, 0.05) is 37.1 Å². The number of nitrogens with zero attached hydrogens (tertiary/aromatic N) is 2. The Kier molecular flexibility index (Phi) is 6.55. The summed E-state index contributed by atoms with van der Waals surface area (Å²) in [5, 5.41) is 9.96. The molecule has 1 N–H and O–H groups in total. The van der Waals surface area contributed by atoms with E-state index in [-0.39, 0.29) is 22.5 Å². The first-order valence-electron chi connectivity index (χ1n) is 10.7. The van der Waals surface area contributed by atoms with Gasteiger partial charge in [-0.1, -0.05) is 23.7 Å². The first-order valence-corrected chi connectivity index (χ1v) is 12.5. The minimum Gasteiger partial charge on any atom is -0.508 e. The monoisotopic (exact) mass is 462 g/mol. The Labute approximate surface area is 188 Å². The fraction of sp³-hybridized carbons (Fsp3) is 0.435. The molecule has 0 radical (unpaired) electrons. The van der Waals surface area contributed by atoms with E-state index in [0.29, 0.717) is 50.0 Å². The number of piperidine rings is 2. The number of rotatable bonds is 4. The van der Waals surface area contributed by atoms with E-state index in [9.17, 15) is 18.3 Å². The van der Waals surface area contributed by atoms with Crippen LogP contribution in [0.1, 0.15) is 37.2 Å². The van der Waals surface area contributed by atoms with Crippen molar-refractivity contribution in [1.29, 1.82) is 0 Å². The van der Waals surface area contributed by atoms with Crippen LogP contribution in [0.15, 0.2) is 53.4 Å². The lowest BCUT2D eigenvalue weighted by Crippen LogP contribution is -2.46. The number of amides is 1. The number of phenols is 1. The third-order valence-electron chi connectivity index (χ3n) is 6.43. The molecule has 2 aromatic carbocycles. The quantitative estimate of drug-likeness (QED) is 0.748. The molecule has 0 aromatic heterocycles. The molecule has 0 spiro atoms. The molecule has 4 rings (SSSR count). The number of phenolic OH excluding ortho intramolecular Hbond substituents is 1. The van der Waals surface area contributed by atoms with Crippen molar-refractivity contribution in [3.05, 3.63) is 59.1 Å². The van der Waals surface area contributed by atoms with Crippen molar-refractivity contribution < 1.29 is 18.3 Å². The zero-order chi connectivity index (χ0) is 22.0. The van der Waals surface area contributed by atoms with Gasteiger partial charge in [-0.15, -0.1) is 0 Å². The smallest absolute Gasteiger partial charge is 0.243 e. The van der Waals surface area contributed by atoms with E-state index >= 15 is 0 Å². The van der Waals surface area contributed by atoms with Crippen molar-refractivity contribution >= 4 is 27.5 Å². The largest absolute Gasteiger partial charge is 0.508 e. The van der Waals surface area contributed by atoms with E-state index in [1.54, 1.807) is 24.3 Å². The van der Waals surface area contributed by atoms with Gasteiger partial charge >= 0.3 is 0 Å². The van der Waals surface area contributed by atoms with Gasteiger partial charge in [-0.2, -0.15) is 4.31 Å². The summed E-state index contributed by atoms with van der Waals surface area (Å²) in [5.41, 5.74) is 1.20. The Hall–Kier alpha value is -2.09. The van der Waals surface area contributed by atoms with Gasteiger partial charge in [0.15, 0.2) is 0 Å². The topological polar surface area (TPSA) is 77.9 Å². The van der Waals surface area contributed by atoms with Gasteiger partial charge in [-0.25, -0.2) is 8.42 Å². The number of hydrogen-bond acceptors (Lipinski definition) is 4. The predicted molar refractivity (Wildman–Crippen MR) is 120 cm³/mol. The number of benzene rings is 2. The average Bonchev–Trinajstić information content (AvgIpc) is 2.80.